The first kappa shape index (κ1) is 15.9. The highest BCUT2D eigenvalue weighted by Crippen LogP contribution is 2.27. The van der Waals surface area contributed by atoms with Gasteiger partial charge in [-0.15, -0.1) is 0 Å². The predicted molar refractivity (Wildman–Crippen MR) is 78.6 cm³/mol. The van der Waals surface area contributed by atoms with Crippen molar-refractivity contribution in [3.05, 3.63) is 0 Å². The van der Waals surface area contributed by atoms with Crippen LogP contribution in [0.1, 0.15) is 46.5 Å². The molecule has 1 atom stereocenters. The Kier molecular flexibility index (Phi) is 5.29. The molecule has 19 heavy (non-hydrogen) atoms. The molecule has 4 N–H and O–H groups in total. The summed E-state index contributed by atoms with van der Waals surface area (Å²) in [4.78, 5) is 24.3. The summed E-state index contributed by atoms with van der Waals surface area (Å²) in [7, 11) is 0. The Morgan fingerprint density at radius 2 is 1.89 bits per heavy atom. The van der Waals surface area contributed by atoms with E-state index in [0.29, 0.717) is 12.8 Å². The van der Waals surface area contributed by atoms with Crippen molar-refractivity contribution in [3.8, 4) is 0 Å². The highest BCUT2D eigenvalue weighted by molar-refractivity contribution is 7.80. The van der Waals surface area contributed by atoms with Crippen molar-refractivity contribution in [3.63, 3.8) is 0 Å². The van der Waals surface area contributed by atoms with E-state index in [1.165, 1.54) is 0 Å². The summed E-state index contributed by atoms with van der Waals surface area (Å²) in [5, 5.41) is 5.58. The lowest BCUT2D eigenvalue weighted by Gasteiger charge is -2.30. The number of carbonyl (C=O) groups excluding carboxylic acids is 2. The molecule has 0 radical (unpaired) electrons. The van der Waals surface area contributed by atoms with Crippen LogP contribution in [0.3, 0.4) is 0 Å². The molecule has 0 spiro atoms. The number of hydrogen-bond acceptors (Lipinski definition) is 3. The van der Waals surface area contributed by atoms with Crippen LogP contribution in [0.2, 0.25) is 0 Å². The topological polar surface area (TPSA) is 84.2 Å². The fourth-order valence-corrected chi connectivity index (χ4v) is 2.37. The molecule has 5 nitrogen and oxygen atoms in total. The SMILES string of the molecule is CCC(CC)(C(=O)NC(C)C(=O)NC1CC1)C(N)=S. The first-order valence-corrected chi connectivity index (χ1v) is 7.19. The van der Waals surface area contributed by atoms with Crippen molar-refractivity contribution in [2.45, 2.75) is 58.5 Å². The molecule has 1 unspecified atom stereocenters. The third-order valence-corrected chi connectivity index (χ3v) is 4.17. The number of nitrogens with one attached hydrogen (secondary N) is 2. The lowest BCUT2D eigenvalue weighted by atomic mass is 9.81. The fourth-order valence-electron chi connectivity index (χ4n) is 1.99. The summed E-state index contributed by atoms with van der Waals surface area (Å²) < 4.78 is 0. The Hall–Kier alpha value is -1.17. The van der Waals surface area contributed by atoms with Crippen LogP contribution >= 0.6 is 12.2 Å². The van der Waals surface area contributed by atoms with Crippen LogP contribution in [0.5, 0.6) is 0 Å². The highest BCUT2D eigenvalue weighted by Gasteiger charge is 2.39. The average Bonchev–Trinajstić information content (AvgIpc) is 3.14. The minimum absolute atomic E-state index is 0.153. The molecule has 0 saturated heterocycles. The lowest BCUT2D eigenvalue weighted by molar-refractivity contribution is -0.132. The van der Waals surface area contributed by atoms with Gasteiger partial charge in [-0.1, -0.05) is 26.1 Å². The Bertz CT molecular complexity index is 376. The molecule has 1 rings (SSSR count). The number of rotatable bonds is 7. The Morgan fingerprint density at radius 3 is 2.26 bits per heavy atom. The maximum atomic E-state index is 12.3. The standard InChI is InChI=1S/C13H23N3O2S/c1-4-13(5-2,11(14)19)12(18)15-8(3)10(17)16-9-6-7-9/h8-9H,4-7H2,1-3H3,(H2,14,19)(H,15,18)(H,16,17). The molecular formula is C13H23N3O2S. The average molecular weight is 285 g/mol. The van der Waals surface area contributed by atoms with Gasteiger partial charge in [0.25, 0.3) is 0 Å². The molecule has 0 aromatic heterocycles. The number of nitrogens with two attached hydrogens (primary N) is 1. The molecule has 108 valence electrons. The Labute approximate surface area is 119 Å². The third kappa shape index (κ3) is 3.65. The molecule has 0 aromatic carbocycles. The molecule has 1 aliphatic rings. The van der Waals surface area contributed by atoms with Crippen molar-refractivity contribution in [2.24, 2.45) is 11.1 Å². The maximum Gasteiger partial charge on any atom is 0.242 e. The van der Waals surface area contributed by atoms with Crippen LogP contribution in [-0.4, -0.2) is 28.9 Å². The molecule has 1 aliphatic carbocycles. The van der Waals surface area contributed by atoms with Gasteiger partial charge < -0.3 is 16.4 Å². The summed E-state index contributed by atoms with van der Waals surface area (Å²) in [6.07, 6.45) is 3.10. The van der Waals surface area contributed by atoms with Crippen molar-refractivity contribution < 1.29 is 9.59 Å². The van der Waals surface area contributed by atoms with Gasteiger partial charge in [0.05, 0.1) is 10.4 Å². The van der Waals surface area contributed by atoms with E-state index in [2.05, 4.69) is 10.6 Å². The number of hydrogen-bond donors (Lipinski definition) is 3. The van der Waals surface area contributed by atoms with Gasteiger partial charge in [-0.3, -0.25) is 9.59 Å². The van der Waals surface area contributed by atoms with Crippen molar-refractivity contribution in [1.29, 1.82) is 0 Å². The van der Waals surface area contributed by atoms with E-state index in [0.717, 1.165) is 12.8 Å². The molecule has 2 amide bonds. The van der Waals surface area contributed by atoms with Crippen molar-refractivity contribution >= 4 is 29.0 Å². The van der Waals surface area contributed by atoms with Crippen LogP contribution in [0, 0.1) is 5.41 Å². The van der Waals surface area contributed by atoms with Gasteiger partial charge in [-0.05, 0) is 32.6 Å². The lowest BCUT2D eigenvalue weighted by Crippen LogP contribution is -2.54. The third-order valence-electron chi connectivity index (χ3n) is 3.78. The van der Waals surface area contributed by atoms with Gasteiger partial charge in [0.15, 0.2) is 0 Å². The second kappa shape index (κ2) is 6.32. The normalized spacial score (nSPS) is 16.6. The molecule has 6 heteroatoms. The van der Waals surface area contributed by atoms with Gasteiger partial charge in [-0.25, -0.2) is 0 Å². The first-order valence-electron chi connectivity index (χ1n) is 6.78. The Morgan fingerprint density at radius 1 is 1.37 bits per heavy atom. The van der Waals surface area contributed by atoms with Gasteiger partial charge in [0, 0.05) is 6.04 Å². The van der Waals surface area contributed by atoms with E-state index in [-0.39, 0.29) is 22.8 Å². The van der Waals surface area contributed by atoms with E-state index >= 15 is 0 Å². The number of carbonyl (C=O) groups is 2. The quantitative estimate of drug-likeness (QED) is 0.606. The minimum atomic E-state index is -0.858. The zero-order valence-electron chi connectivity index (χ0n) is 11.8. The summed E-state index contributed by atoms with van der Waals surface area (Å²) in [6, 6.07) is -0.288. The largest absolute Gasteiger partial charge is 0.392 e. The fraction of sp³-hybridized carbons (Fsp3) is 0.769. The van der Waals surface area contributed by atoms with E-state index in [9.17, 15) is 9.59 Å². The van der Waals surface area contributed by atoms with Gasteiger partial charge in [0.2, 0.25) is 11.8 Å². The minimum Gasteiger partial charge on any atom is -0.392 e. The summed E-state index contributed by atoms with van der Waals surface area (Å²) in [6.45, 7) is 5.42. The second-order valence-electron chi connectivity index (χ2n) is 5.13. The summed E-state index contributed by atoms with van der Waals surface area (Å²) in [5.74, 6) is -0.414. The van der Waals surface area contributed by atoms with Gasteiger partial charge in [-0.2, -0.15) is 0 Å². The van der Waals surface area contributed by atoms with E-state index in [4.69, 9.17) is 18.0 Å². The number of amides is 2. The van der Waals surface area contributed by atoms with E-state index in [1.54, 1.807) is 6.92 Å². The van der Waals surface area contributed by atoms with Crippen LogP contribution < -0.4 is 16.4 Å². The van der Waals surface area contributed by atoms with Crippen molar-refractivity contribution in [1.82, 2.24) is 10.6 Å². The predicted octanol–water partition coefficient (Wildman–Crippen LogP) is 0.862. The molecule has 0 aliphatic heterocycles. The highest BCUT2D eigenvalue weighted by atomic mass is 32.1. The molecular weight excluding hydrogens is 262 g/mol. The maximum absolute atomic E-state index is 12.3. The zero-order valence-corrected chi connectivity index (χ0v) is 12.6. The Balaban J connectivity index is 2.64. The van der Waals surface area contributed by atoms with Gasteiger partial charge >= 0.3 is 0 Å². The smallest absolute Gasteiger partial charge is 0.242 e. The van der Waals surface area contributed by atoms with Crippen LogP contribution in [0.25, 0.3) is 0 Å². The van der Waals surface area contributed by atoms with Gasteiger partial charge in [0.1, 0.15) is 6.04 Å². The molecule has 1 fully saturated rings. The molecule has 0 heterocycles. The zero-order chi connectivity index (χ0) is 14.6. The summed E-state index contributed by atoms with van der Waals surface area (Å²) >= 11 is 5.02. The molecule has 0 bridgehead atoms. The van der Waals surface area contributed by atoms with E-state index in [1.807, 2.05) is 13.8 Å². The van der Waals surface area contributed by atoms with Crippen LogP contribution in [-0.2, 0) is 9.59 Å². The van der Waals surface area contributed by atoms with E-state index < -0.39 is 11.5 Å². The van der Waals surface area contributed by atoms with Crippen LogP contribution in [0.15, 0.2) is 0 Å². The first-order chi connectivity index (χ1) is 8.87. The molecule has 0 aromatic rings. The summed E-state index contributed by atoms with van der Waals surface area (Å²) in [5.41, 5.74) is 4.85. The van der Waals surface area contributed by atoms with Crippen molar-refractivity contribution in [2.75, 3.05) is 0 Å². The van der Waals surface area contributed by atoms with Crippen LogP contribution in [0.4, 0.5) is 0 Å². The monoisotopic (exact) mass is 285 g/mol. The number of thiocarbonyl (C=S) groups is 1. The second-order valence-corrected chi connectivity index (χ2v) is 5.57. The molecule has 1 saturated carbocycles.